The second kappa shape index (κ2) is 8.62. The van der Waals surface area contributed by atoms with Crippen molar-refractivity contribution in [2.45, 2.75) is 63.8 Å². The maximum atomic E-state index is 14.0. The Hall–Kier alpha value is -3.40. The molecule has 1 aliphatic carbocycles. The molecule has 1 aromatic carbocycles. The van der Waals surface area contributed by atoms with Crippen LogP contribution in [-0.4, -0.2) is 60.6 Å². The van der Waals surface area contributed by atoms with Crippen molar-refractivity contribution in [3.8, 4) is 11.4 Å². The van der Waals surface area contributed by atoms with E-state index in [0.717, 1.165) is 18.7 Å². The summed E-state index contributed by atoms with van der Waals surface area (Å²) in [7, 11) is 0. The average Bonchev–Trinajstić information content (AvgIpc) is 3.46. The molecule has 0 unspecified atom stereocenters. The second-order valence-corrected chi connectivity index (χ2v) is 10.3. The molecule has 2 aliphatic rings. The maximum Gasteiger partial charge on any atom is 0.160 e. The lowest BCUT2D eigenvalue weighted by molar-refractivity contribution is 0.0196. The number of fused-ring (bicyclic) bond motifs is 2. The number of aliphatic hydroxyl groups is 1. The molecule has 1 aliphatic heterocycles. The van der Waals surface area contributed by atoms with E-state index in [1.807, 2.05) is 30.9 Å². The van der Waals surface area contributed by atoms with Crippen LogP contribution in [0.15, 0.2) is 30.3 Å². The summed E-state index contributed by atoms with van der Waals surface area (Å²) in [4.78, 5) is 16.0. The van der Waals surface area contributed by atoms with Gasteiger partial charge in [0.1, 0.15) is 35.0 Å². The van der Waals surface area contributed by atoms with Crippen LogP contribution in [0.5, 0.6) is 0 Å². The van der Waals surface area contributed by atoms with E-state index in [1.54, 1.807) is 10.6 Å². The number of aryl methyl sites for hydroxylation is 1. The fourth-order valence-corrected chi connectivity index (χ4v) is 5.22. The molecule has 0 radical (unpaired) electrons. The van der Waals surface area contributed by atoms with Gasteiger partial charge in [-0.05, 0) is 58.1 Å². The van der Waals surface area contributed by atoms with Gasteiger partial charge in [0, 0.05) is 30.8 Å². The topological polar surface area (TPSA) is 91.5 Å². The summed E-state index contributed by atoms with van der Waals surface area (Å²) in [5, 5.41) is 18.8. The van der Waals surface area contributed by atoms with Gasteiger partial charge in [-0.3, -0.25) is 0 Å². The lowest BCUT2D eigenvalue weighted by Gasteiger charge is -2.34. The van der Waals surface area contributed by atoms with E-state index in [2.05, 4.69) is 15.3 Å². The quantitative estimate of drug-likeness (QED) is 0.434. The minimum Gasteiger partial charge on any atom is -0.390 e. The van der Waals surface area contributed by atoms with Crippen molar-refractivity contribution in [1.82, 2.24) is 24.6 Å². The number of rotatable bonds is 4. The fraction of sp³-hybridized carbons (Fsp3) is 0.462. The number of alkyl halides is 1. The highest BCUT2D eigenvalue weighted by Crippen LogP contribution is 2.32. The van der Waals surface area contributed by atoms with Gasteiger partial charge in [-0.25, -0.2) is 23.7 Å². The smallest absolute Gasteiger partial charge is 0.160 e. The number of anilines is 2. The molecule has 3 aromatic heterocycles. The molecular weight excluding hydrogens is 464 g/mol. The number of hydrogen-bond acceptors (Lipinski definition) is 7. The third-order valence-corrected chi connectivity index (χ3v) is 7.33. The Morgan fingerprint density at radius 1 is 1.06 bits per heavy atom. The van der Waals surface area contributed by atoms with Crippen molar-refractivity contribution in [1.29, 1.82) is 0 Å². The number of halogens is 2. The van der Waals surface area contributed by atoms with Crippen molar-refractivity contribution in [3.05, 3.63) is 41.8 Å². The summed E-state index contributed by atoms with van der Waals surface area (Å²) in [5.41, 5.74) is 2.87. The lowest BCUT2D eigenvalue weighted by Crippen LogP contribution is -2.36. The van der Waals surface area contributed by atoms with Gasteiger partial charge in [0.05, 0.1) is 28.9 Å². The van der Waals surface area contributed by atoms with E-state index in [-0.39, 0.29) is 11.9 Å². The predicted octanol–water partition coefficient (Wildman–Crippen LogP) is 4.44. The molecule has 4 aromatic rings. The first-order valence-corrected chi connectivity index (χ1v) is 12.5. The van der Waals surface area contributed by atoms with Gasteiger partial charge in [0.25, 0.3) is 0 Å². The number of hydrogen-bond donors (Lipinski definition) is 2. The molecule has 10 heteroatoms. The Kier molecular flexibility index (Phi) is 5.51. The Bertz CT molecular complexity index is 1440. The molecule has 1 saturated heterocycles. The zero-order valence-electron chi connectivity index (χ0n) is 20.4. The molecule has 6 rings (SSSR count). The van der Waals surface area contributed by atoms with Gasteiger partial charge in [-0.1, -0.05) is 0 Å². The Morgan fingerprint density at radius 2 is 1.86 bits per heavy atom. The highest BCUT2D eigenvalue weighted by atomic mass is 19.1. The molecule has 188 valence electrons. The highest BCUT2D eigenvalue weighted by Gasteiger charge is 2.30. The molecule has 0 spiro atoms. The minimum absolute atomic E-state index is 0.175. The standard InChI is InChI=1S/C26H29F2N7O/c1-15-25(31-20-11-16(27)3-4-19(20)29-15)21-12-23-32-22(34-10-7-17(28)14-34)13-24(35(23)33-21)30-18-5-8-26(2,36)9-6-18/h3-4,11-13,17-18,30,36H,5-10,14H2,1-2H3/t17-,18?,26?/m0/s1. The average molecular weight is 494 g/mol. The number of nitrogens with zero attached hydrogens (tertiary/aromatic N) is 6. The van der Waals surface area contributed by atoms with Crippen molar-refractivity contribution in [3.63, 3.8) is 0 Å². The predicted molar refractivity (Wildman–Crippen MR) is 134 cm³/mol. The molecule has 0 amide bonds. The molecule has 8 nitrogen and oxygen atoms in total. The molecule has 0 bridgehead atoms. The zero-order chi connectivity index (χ0) is 25.0. The van der Waals surface area contributed by atoms with E-state index >= 15 is 0 Å². The molecular formula is C26H29F2N7O. The SMILES string of the molecule is Cc1nc2ccc(F)cc2nc1-c1cc2nc(N3CC[C@H](F)C3)cc(NC3CCC(C)(O)CC3)n2n1. The van der Waals surface area contributed by atoms with Gasteiger partial charge < -0.3 is 15.3 Å². The van der Waals surface area contributed by atoms with Crippen LogP contribution in [0.3, 0.4) is 0 Å². The van der Waals surface area contributed by atoms with Gasteiger partial charge in [0.15, 0.2) is 5.65 Å². The first-order chi connectivity index (χ1) is 17.2. The molecule has 2 N–H and O–H groups in total. The van der Waals surface area contributed by atoms with Gasteiger partial charge in [-0.2, -0.15) is 9.61 Å². The molecule has 1 saturated carbocycles. The van der Waals surface area contributed by atoms with Crippen LogP contribution in [-0.2, 0) is 0 Å². The van der Waals surface area contributed by atoms with E-state index < -0.39 is 11.8 Å². The summed E-state index contributed by atoms with van der Waals surface area (Å²) < 4.78 is 29.5. The van der Waals surface area contributed by atoms with E-state index in [0.29, 0.717) is 71.9 Å². The number of aromatic nitrogens is 5. The number of benzene rings is 1. The third kappa shape index (κ3) is 4.34. The van der Waals surface area contributed by atoms with E-state index in [4.69, 9.17) is 10.1 Å². The van der Waals surface area contributed by atoms with Gasteiger partial charge in [-0.15, -0.1) is 0 Å². The van der Waals surface area contributed by atoms with Crippen LogP contribution in [0.25, 0.3) is 28.1 Å². The largest absolute Gasteiger partial charge is 0.390 e. The summed E-state index contributed by atoms with van der Waals surface area (Å²) >= 11 is 0. The van der Waals surface area contributed by atoms with Crippen LogP contribution in [0.2, 0.25) is 0 Å². The first-order valence-electron chi connectivity index (χ1n) is 12.5. The molecule has 36 heavy (non-hydrogen) atoms. The van der Waals surface area contributed by atoms with Crippen molar-refractivity contribution < 1.29 is 13.9 Å². The van der Waals surface area contributed by atoms with Crippen molar-refractivity contribution in [2.24, 2.45) is 0 Å². The monoisotopic (exact) mass is 493 g/mol. The normalized spacial score (nSPS) is 24.6. The van der Waals surface area contributed by atoms with Crippen LogP contribution in [0.1, 0.15) is 44.7 Å². The van der Waals surface area contributed by atoms with Crippen LogP contribution < -0.4 is 10.2 Å². The Balaban J connectivity index is 1.42. The molecule has 1 atom stereocenters. The molecule has 2 fully saturated rings. The van der Waals surface area contributed by atoms with Crippen LogP contribution >= 0.6 is 0 Å². The van der Waals surface area contributed by atoms with Crippen LogP contribution in [0.4, 0.5) is 20.4 Å². The minimum atomic E-state index is -0.864. The van der Waals surface area contributed by atoms with Crippen molar-refractivity contribution >= 4 is 28.3 Å². The summed E-state index contributed by atoms with van der Waals surface area (Å²) in [6.45, 7) is 4.66. The second-order valence-electron chi connectivity index (χ2n) is 10.3. The third-order valence-electron chi connectivity index (χ3n) is 7.33. The van der Waals surface area contributed by atoms with E-state index in [1.165, 1.54) is 12.1 Å². The number of nitrogens with one attached hydrogen (secondary N) is 1. The van der Waals surface area contributed by atoms with Crippen LogP contribution in [0, 0.1) is 12.7 Å². The summed E-state index contributed by atoms with van der Waals surface area (Å²) in [6.07, 6.45) is 2.72. The van der Waals surface area contributed by atoms with Gasteiger partial charge in [0.2, 0.25) is 0 Å². The Labute approximate surface area is 207 Å². The first kappa shape index (κ1) is 23.0. The van der Waals surface area contributed by atoms with Crippen molar-refractivity contribution in [2.75, 3.05) is 23.3 Å². The Morgan fingerprint density at radius 3 is 2.61 bits per heavy atom. The van der Waals surface area contributed by atoms with E-state index in [9.17, 15) is 13.9 Å². The van der Waals surface area contributed by atoms with Gasteiger partial charge >= 0.3 is 0 Å². The summed E-state index contributed by atoms with van der Waals surface area (Å²) in [5.74, 6) is 1.08. The lowest BCUT2D eigenvalue weighted by atomic mass is 9.84. The summed E-state index contributed by atoms with van der Waals surface area (Å²) in [6, 6.07) is 8.28. The zero-order valence-corrected chi connectivity index (χ0v) is 20.4. The molecule has 4 heterocycles. The highest BCUT2D eigenvalue weighted by molar-refractivity contribution is 5.78. The fourth-order valence-electron chi connectivity index (χ4n) is 5.22. The maximum absolute atomic E-state index is 14.0.